The number of rotatable bonds is 5. The molecule has 7 nitrogen and oxygen atoms in total. The van der Waals surface area contributed by atoms with E-state index in [4.69, 9.17) is 4.74 Å². The molecule has 1 unspecified atom stereocenters. The number of carbonyl (C=O) groups excluding carboxylic acids is 1. The van der Waals surface area contributed by atoms with E-state index in [0.717, 1.165) is 24.8 Å². The zero-order chi connectivity index (χ0) is 26.1. The van der Waals surface area contributed by atoms with E-state index in [1.165, 1.54) is 27.0 Å². The van der Waals surface area contributed by atoms with Crippen LogP contribution in [0.3, 0.4) is 0 Å². The number of thiophene rings is 1. The molecule has 1 atom stereocenters. The molecule has 5 rings (SSSR count). The van der Waals surface area contributed by atoms with Crippen LogP contribution < -0.4 is 5.56 Å². The summed E-state index contributed by atoms with van der Waals surface area (Å²) in [7, 11) is 0. The second-order valence-corrected chi connectivity index (χ2v) is 10.2. The minimum Gasteiger partial charge on any atom is -0.494 e. The highest BCUT2D eigenvalue weighted by Gasteiger charge is 2.24. The lowest BCUT2D eigenvalue weighted by Crippen LogP contribution is -2.20. The van der Waals surface area contributed by atoms with Crippen molar-refractivity contribution >= 4 is 39.3 Å². The molecule has 8 heteroatoms. The Labute approximate surface area is 217 Å². The van der Waals surface area contributed by atoms with Crippen LogP contribution in [0.1, 0.15) is 52.2 Å². The van der Waals surface area contributed by atoms with Crippen molar-refractivity contribution < 1.29 is 14.6 Å². The molecular formula is C29H25N3O4S. The lowest BCUT2D eigenvalue weighted by molar-refractivity contribution is 0.0526. The van der Waals surface area contributed by atoms with Gasteiger partial charge in [-0.15, -0.1) is 11.3 Å². The summed E-state index contributed by atoms with van der Waals surface area (Å²) in [5.41, 5.74) is 2.39. The highest BCUT2D eigenvalue weighted by molar-refractivity contribution is 7.16. The number of benzene rings is 2. The van der Waals surface area contributed by atoms with Gasteiger partial charge in [-0.3, -0.25) is 4.79 Å². The fourth-order valence-electron chi connectivity index (χ4n) is 4.76. The molecule has 0 aliphatic heterocycles. The Morgan fingerprint density at radius 2 is 1.97 bits per heavy atom. The number of aliphatic imine (C=N–C) groups is 1. The molecule has 2 aromatic heterocycles. The molecule has 0 radical (unpaired) electrons. The number of pyridine rings is 1. The number of esters is 1. The third kappa shape index (κ3) is 4.43. The molecule has 0 bridgehead atoms. The van der Waals surface area contributed by atoms with Gasteiger partial charge in [-0.2, -0.15) is 5.26 Å². The molecular weight excluding hydrogens is 486 g/mol. The molecule has 0 amide bonds. The van der Waals surface area contributed by atoms with Gasteiger partial charge in [-0.25, -0.2) is 14.4 Å². The van der Waals surface area contributed by atoms with Crippen LogP contribution in [0.4, 0.5) is 5.00 Å². The Kier molecular flexibility index (Phi) is 6.64. The van der Waals surface area contributed by atoms with Gasteiger partial charge in [-0.1, -0.05) is 25.1 Å². The minimum atomic E-state index is -0.460. The van der Waals surface area contributed by atoms with Crippen LogP contribution in [0.5, 0.6) is 5.88 Å². The monoisotopic (exact) mass is 511 g/mol. The Balaban J connectivity index is 1.63. The Morgan fingerprint density at radius 3 is 2.68 bits per heavy atom. The van der Waals surface area contributed by atoms with Gasteiger partial charge in [0.1, 0.15) is 11.1 Å². The molecule has 1 N–H and O–H groups in total. The van der Waals surface area contributed by atoms with Crippen molar-refractivity contribution in [2.24, 2.45) is 10.9 Å². The average molecular weight is 512 g/mol. The second kappa shape index (κ2) is 10.0. The van der Waals surface area contributed by atoms with Crippen molar-refractivity contribution in [3.05, 3.63) is 86.0 Å². The first-order chi connectivity index (χ1) is 17.9. The van der Waals surface area contributed by atoms with E-state index in [0.29, 0.717) is 44.1 Å². The Bertz CT molecular complexity index is 1640. The molecule has 37 heavy (non-hydrogen) atoms. The summed E-state index contributed by atoms with van der Waals surface area (Å²) in [6.07, 6.45) is 4.38. The number of ether oxygens (including phenoxy) is 1. The number of fused-ring (bicyclic) bond motifs is 2. The minimum absolute atomic E-state index is 0.258. The number of hydrogen-bond donors (Lipinski definition) is 1. The first kappa shape index (κ1) is 24.5. The summed E-state index contributed by atoms with van der Waals surface area (Å²) < 4.78 is 6.23. The lowest BCUT2D eigenvalue weighted by Gasteiger charge is -2.17. The first-order valence-corrected chi connectivity index (χ1v) is 13.0. The number of nitriles is 1. The normalized spacial score (nSPS) is 15.0. The van der Waals surface area contributed by atoms with Crippen molar-refractivity contribution in [3.63, 3.8) is 0 Å². The molecule has 2 aromatic carbocycles. The summed E-state index contributed by atoms with van der Waals surface area (Å²) >= 11 is 1.52. The third-order valence-corrected chi connectivity index (χ3v) is 7.82. The SMILES string of the molecule is CCOC(=O)c1ccc(-n2c(O)c(C=Nc3sc4c(c3C#N)CCC(C)C4)c3ccccc3c2=O)cc1. The van der Waals surface area contributed by atoms with Gasteiger partial charge in [-0.05, 0) is 68.0 Å². The summed E-state index contributed by atoms with van der Waals surface area (Å²) in [6, 6.07) is 15.6. The first-order valence-electron chi connectivity index (χ1n) is 12.2. The molecule has 0 fully saturated rings. The third-order valence-electron chi connectivity index (χ3n) is 6.66. The van der Waals surface area contributed by atoms with Gasteiger partial charge in [0, 0.05) is 21.9 Å². The Hall–Kier alpha value is -4.22. The van der Waals surface area contributed by atoms with E-state index in [9.17, 15) is 20.0 Å². The quantitative estimate of drug-likeness (QED) is 0.274. The van der Waals surface area contributed by atoms with Crippen LogP contribution in [0.15, 0.2) is 58.3 Å². The molecule has 0 saturated heterocycles. The fourth-order valence-corrected chi connectivity index (χ4v) is 6.06. The number of aromatic hydroxyl groups is 1. The van der Waals surface area contributed by atoms with E-state index in [1.54, 1.807) is 55.5 Å². The van der Waals surface area contributed by atoms with Gasteiger partial charge in [0.15, 0.2) is 0 Å². The van der Waals surface area contributed by atoms with E-state index >= 15 is 0 Å². The molecule has 0 saturated carbocycles. The van der Waals surface area contributed by atoms with Crippen LogP contribution in [0.2, 0.25) is 0 Å². The predicted molar refractivity (Wildman–Crippen MR) is 145 cm³/mol. The van der Waals surface area contributed by atoms with Crippen molar-refractivity contribution in [3.8, 4) is 17.6 Å². The summed E-state index contributed by atoms with van der Waals surface area (Å²) in [6.45, 7) is 4.20. The van der Waals surface area contributed by atoms with E-state index in [-0.39, 0.29) is 12.5 Å². The zero-order valence-electron chi connectivity index (χ0n) is 20.5. The summed E-state index contributed by atoms with van der Waals surface area (Å²) in [5, 5.41) is 22.7. The standard InChI is InChI=1S/C29H25N3O4S/c1-3-36-29(35)18-9-11-19(12-10-18)32-27(33)22-7-5-4-6-20(22)24(28(32)34)16-31-26-23(15-30)21-13-8-17(2)14-25(21)37-26/h4-7,9-12,16-17,34H,3,8,13-14H2,1-2H3. The predicted octanol–water partition coefficient (Wildman–Crippen LogP) is 5.68. The van der Waals surface area contributed by atoms with Gasteiger partial charge in [0.2, 0.25) is 5.88 Å². The van der Waals surface area contributed by atoms with Crippen LogP contribution in [-0.4, -0.2) is 28.5 Å². The van der Waals surface area contributed by atoms with Gasteiger partial charge >= 0.3 is 5.97 Å². The van der Waals surface area contributed by atoms with Gasteiger partial charge in [0.05, 0.1) is 29.0 Å². The van der Waals surface area contributed by atoms with Crippen molar-refractivity contribution in [1.82, 2.24) is 4.57 Å². The molecule has 0 spiro atoms. The van der Waals surface area contributed by atoms with Crippen LogP contribution >= 0.6 is 11.3 Å². The van der Waals surface area contributed by atoms with Gasteiger partial charge in [0.25, 0.3) is 5.56 Å². The second-order valence-electron chi connectivity index (χ2n) is 9.09. The largest absolute Gasteiger partial charge is 0.494 e. The van der Waals surface area contributed by atoms with E-state index in [1.807, 2.05) is 0 Å². The van der Waals surface area contributed by atoms with Crippen LogP contribution in [-0.2, 0) is 17.6 Å². The summed E-state index contributed by atoms with van der Waals surface area (Å²) in [5.74, 6) is -0.163. The van der Waals surface area contributed by atoms with Crippen molar-refractivity contribution in [2.45, 2.75) is 33.1 Å². The topological polar surface area (TPSA) is 105 Å². The smallest absolute Gasteiger partial charge is 0.338 e. The average Bonchev–Trinajstić information content (AvgIpc) is 3.25. The summed E-state index contributed by atoms with van der Waals surface area (Å²) in [4.78, 5) is 31.3. The number of aromatic nitrogens is 1. The van der Waals surface area contributed by atoms with Crippen molar-refractivity contribution in [1.29, 1.82) is 5.26 Å². The van der Waals surface area contributed by atoms with Gasteiger partial charge < -0.3 is 9.84 Å². The molecule has 186 valence electrons. The molecule has 2 heterocycles. The maximum atomic E-state index is 13.4. The highest BCUT2D eigenvalue weighted by atomic mass is 32.1. The van der Waals surface area contributed by atoms with Crippen molar-refractivity contribution in [2.75, 3.05) is 6.61 Å². The lowest BCUT2D eigenvalue weighted by atomic mass is 9.89. The zero-order valence-corrected chi connectivity index (χ0v) is 21.3. The maximum absolute atomic E-state index is 13.4. The number of carbonyl (C=O) groups is 1. The molecule has 1 aliphatic carbocycles. The molecule has 1 aliphatic rings. The fraction of sp³-hybridized carbons (Fsp3) is 0.241. The molecule has 4 aromatic rings. The number of nitrogens with zero attached hydrogens (tertiary/aromatic N) is 3. The van der Waals surface area contributed by atoms with Crippen LogP contribution in [0.25, 0.3) is 16.5 Å². The number of hydrogen-bond acceptors (Lipinski definition) is 7. The highest BCUT2D eigenvalue weighted by Crippen LogP contribution is 2.41. The van der Waals surface area contributed by atoms with E-state index < -0.39 is 11.5 Å². The van der Waals surface area contributed by atoms with E-state index in [2.05, 4.69) is 18.0 Å². The Morgan fingerprint density at radius 1 is 1.24 bits per heavy atom. The maximum Gasteiger partial charge on any atom is 0.338 e. The van der Waals surface area contributed by atoms with Crippen LogP contribution in [0, 0.1) is 17.2 Å².